The Balaban J connectivity index is 2.24. The predicted octanol–water partition coefficient (Wildman–Crippen LogP) is 1.56. The third-order valence-electron chi connectivity index (χ3n) is 2.44. The minimum Gasteiger partial charge on any atom is -0.376 e. The van der Waals surface area contributed by atoms with Gasteiger partial charge in [0.2, 0.25) is 0 Å². The number of carbonyl (C=O) groups excluding carboxylic acids is 1. The summed E-state index contributed by atoms with van der Waals surface area (Å²) in [5.74, 6) is 0. The number of aldehydes is 1. The number of aromatic nitrogens is 2. The zero-order chi connectivity index (χ0) is 10.1. The number of hydrogen-bond acceptors (Lipinski definition) is 3. The van der Waals surface area contributed by atoms with Gasteiger partial charge in [-0.1, -0.05) is 0 Å². The van der Waals surface area contributed by atoms with Crippen LogP contribution in [-0.4, -0.2) is 28.5 Å². The molecule has 1 atom stereocenters. The SMILES string of the molecule is Cc1nc(Br)n(C[C@@H]2CCO2)c1C=O. The van der Waals surface area contributed by atoms with E-state index in [2.05, 4.69) is 20.9 Å². The molecule has 1 aliphatic rings. The summed E-state index contributed by atoms with van der Waals surface area (Å²) in [6.07, 6.45) is 2.13. The molecule has 1 aliphatic heterocycles. The van der Waals surface area contributed by atoms with Crippen molar-refractivity contribution in [2.24, 2.45) is 0 Å². The summed E-state index contributed by atoms with van der Waals surface area (Å²) < 4.78 is 7.87. The first kappa shape index (κ1) is 9.86. The summed E-state index contributed by atoms with van der Waals surface area (Å²) in [6.45, 7) is 3.36. The Morgan fingerprint density at radius 2 is 2.50 bits per heavy atom. The van der Waals surface area contributed by atoms with Crippen LogP contribution in [0.3, 0.4) is 0 Å². The second-order valence-corrected chi connectivity index (χ2v) is 4.07. The van der Waals surface area contributed by atoms with E-state index in [1.54, 1.807) is 0 Å². The van der Waals surface area contributed by atoms with Gasteiger partial charge in [-0.3, -0.25) is 4.79 Å². The fourth-order valence-electron chi connectivity index (χ4n) is 1.51. The topological polar surface area (TPSA) is 44.1 Å². The monoisotopic (exact) mass is 258 g/mol. The summed E-state index contributed by atoms with van der Waals surface area (Å²) in [4.78, 5) is 15.0. The molecule has 76 valence electrons. The van der Waals surface area contributed by atoms with Gasteiger partial charge in [0.15, 0.2) is 11.0 Å². The van der Waals surface area contributed by atoms with E-state index in [0.29, 0.717) is 17.0 Å². The molecule has 0 bridgehead atoms. The van der Waals surface area contributed by atoms with Crippen LogP contribution < -0.4 is 0 Å². The number of nitrogens with zero attached hydrogens (tertiary/aromatic N) is 2. The third-order valence-corrected chi connectivity index (χ3v) is 3.04. The van der Waals surface area contributed by atoms with Crippen molar-refractivity contribution in [2.75, 3.05) is 6.61 Å². The zero-order valence-electron chi connectivity index (χ0n) is 7.86. The molecule has 1 aromatic rings. The smallest absolute Gasteiger partial charge is 0.177 e. The lowest BCUT2D eigenvalue weighted by atomic mass is 10.2. The minimum atomic E-state index is 0.235. The summed E-state index contributed by atoms with van der Waals surface area (Å²) in [6, 6.07) is 0. The van der Waals surface area contributed by atoms with Gasteiger partial charge in [-0.2, -0.15) is 0 Å². The van der Waals surface area contributed by atoms with Crippen LogP contribution in [0.5, 0.6) is 0 Å². The van der Waals surface area contributed by atoms with Crippen molar-refractivity contribution in [1.29, 1.82) is 0 Å². The van der Waals surface area contributed by atoms with Crippen LogP contribution in [-0.2, 0) is 11.3 Å². The Kier molecular flexibility index (Phi) is 2.69. The molecule has 5 heteroatoms. The van der Waals surface area contributed by atoms with E-state index in [1.165, 1.54) is 0 Å². The number of imidazole rings is 1. The molecule has 0 unspecified atom stereocenters. The molecule has 0 spiro atoms. The number of rotatable bonds is 3. The second kappa shape index (κ2) is 3.82. The van der Waals surface area contributed by atoms with E-state index in [1.807, 2.05) is 11.5 Å². The molecular weight excluding hydrogens is 248 g/mol. The normalized spacial score (nSPS) is 20.6. The molecule has 2 heterocycles. The van der Waals surface area contributed by atoms with E-state index in [-0.39, 0.29) is 6.10 Å². The van der Waals surface area contributed by atoms with Crippen molar-refractivity contribution in [3.8, 4) is 0 Å². The lowest BCUT2D eigenvalue weighted by molar-refractivity contribution is -0.0596. The molecule has 1 saturated heterocycles. The molecule has 2 rings (SSSR count). The summed E-state index contributed by atoms with van der Waals surface area (Å²) >= 11 is 3.33. The molecule has 0 saturated carbocycles. The molecule has 0 N–H and O–H groups in total. The van der Waals surface area contributed by atoms with Gasteiger partial charge in [0.05, 0.1) is 18.3 Å². The molecule has 0 aromatic carbocycles. The Morgan fingerprint density at radius 3 is 3.00 bits per heavy atom. The van der Waals surface area contributed by atoms with Crippen LogP contribution in [0.4, 0.5) is 0 Å². The maximum Gasteiger partial charge on any atom is 0.177 e. The van der Waals surface area contributed by atoms with Gasteiger partial charge in [0.1, 0.15) is 5.69 Å². The standard InChI is InChI=1S/C9H11BrN2O2/c1-6-8(5-13)12(9(10)11-6)4-7-2-3-14-7/h5,7H,2-4H2,1H3/t7-/m0/s1. The number of ether oxygens (including phenoxy) is 1. The van der Waals surface area contributed by atoms with Crippen molar-refractivity contribution in [3.05, 3.63) is 16.1 Å². The number of hydrogen-bond donors (Lipinski definition) is 0. The molecule has 1 aromatic heterocycles. The lowest BCUT2D eigenvalue weighted by Crippen LogP contribution is -2.31. The highest BCUT2D eigenvalue weighted by Gasteiger charge is 2.22. The maximum absolute atomic E-state index is 10.8. The summed E-state index contributed by atoms with van der Waals surface area (Å²) in [5.41, 5.74) is 1.39. The molecular formula is C9H11BrN2O2. The number of halogens is 1. The molecule has 1 fully saturated rings. The highest BCUT2D eigenvalue weighted by molar-refractivity contribution is 9.10. The van der Waals surface area contributed by atoms with E-state index in [9.17, 15) is 4.79 Å². The highest BCUT2D eigenvalue weighted by atomic mass is 79.9. The van der Waals surface area contributed by atoms with Crippen molar-refractivity contribution < 1.29 is 9.53 Å². The predicted molar refractivity (Wildman–Crippen MR) is 54.4 cm³/mol. The van der Waals surface area contributed by atoms with Gasteiger partial charge >= 0.3 is 0 Å². The first-order chi connectivity index (χ1) is 6.72. The van der Waals surface area contributed by atoms with Gasteiger partial charge in [-0.25, -0.2) is 4.98 Å². The van der Waals surface area contributed by atoms with Crippen LogP contribution in [0.2, 0.25) is 0 Å². The van der Waals surface area contributed by atoms with Crippen molar-refractivity contribution >= 4 is 22.2 Å². The third kappa shape index (κ3) is 1.62. The largest absolute Gasteiger partial charge is 0.376 e. The number of carbonyl (C=O) groups is 1. The van der Waals surface area contributed by atoms with E-state index < -0.39 is 0 Å². The first-order valence-electron chi connectivity index (χ1n) is 4.51. The van der Waals surface area contributed by atoms with E-state index >= 15 is 0 Å². The van der Waals surface area contributed by atoms with E-state index in [0.717, 1.165) is 25.0 Å². The Hall–Kier alpha value is -0.680. The Bertz CT molecular complexity index is 358. The van der Waals surface area contributed by atoms with Gasteiger partial charge in [-0.05, 0) is 29.3 Å². The zero-order valence-corrected chi connectivity index (χ0v) is 9.45. The summed E-state index contributed by atoms with van der Waals surface area (Å²) in [5, 5.41) is 0. The average molecular weight is 259 g/mol. The van der Waals surface area contributed by atoms with E-state index in [4.69, 9.17) is 4.74 Å². The highest BCUT2D eigenvalue weighted by Crippen LogP contribution is 2.20. The molecule has 0 aliphatic carbocycles. The Morgan fingerprint density at radius 1 is 1.79 bits per heavy atom. The van der Waals surface area contributed by atoms with Gasteiger partial charge in [-0.15, -0.1) is 0 Å². The van der Waals surface area contributed by atoms with Crippen molar-refractivity contribution in [3.63, 3.8) is 0 Å². The van der Waals surface area contributed by atoms with Crippen LogP contribution in [0, 0.1) is 6.92 Å². The van der Waals surface area contributed by atoms with Crippen LogP contribution >= 0.6 is 15.9 Å². The first-order valence-corrected chi connectivity index (χ1v) is 5.31. The van der Waals surface area contributed by atoms with Crippen molar-refractivity contribution in [1.82, 2.24) is 9.55 Å². The minimum absolute atomic E-state index is 0.235. The van der Waals surface area contributed by atoms with Crippen LogP contribution in [0.15, 0.2) is 4.73 Å². The Labute approximate surface area is 90.4 Å². The fraction of sp³-hybridized carbons (Fsp3) is 0.556. The molecule has 4 nitrogen and oxygen atoms in total. The average Bonchev–Trinajstić information content (AvgIpc) is 2.33. The van der Waals surface area contributed by atoms with Gasteiger partial charge in [0.25, 0.3) is 0 Å². The lowest BCUT2D eigenvalue weighted by Gasteiger charge is -2.27. The molecule has 0 amide bonds. The van der Waals surface area contributed by atoms with Gasteiger partial charge < -0.3 is 9.30 Å². The second-order valence-electron chi connectivity index (χ2n) is 3.36. The fourth-order valence-corrected chi connectivity index (χ4v) is 2.11. The molecule has 0 radical (unpaired) electrons. The molecule has 14 heavy (non-hydrogen) atoms. The maximum atomic E-state index is 10.8. The summed E-state index contributed by atoms with van der Waals surface area (Å²) in [7, 11) is 0. The van der Waals surface area contributed by atoms with Crippen LogP contribution in [0.1, 0.15) is 22.6 Å². The quantitative estimate of drug-likeness (QED) is 0.773. The number of aryl methyl sites for hydroxylation is 1. The van der Waals surface area contributed by atoms with Crippen molar-refractivity contribution in [2.45, 2.75) is 26.0 Å². The van der Waals surface area contributed by atoms with Crippen LogP contribution in [0.25, 0.3) is 0 Å². The van der Waals surface area contributed by atoms with Gasteiger partial charge in [0, 0.05) is 6.61 Å².